The van der Waals surface area contributed by atoms with Crippen LogP contribution in [0.5, 0.6) is 34.5 Å². The summed E-state index contributed by atoms with van der Waals surface area (Å²) in [4.78, 5) is 0. The van der Waals surface area contributed by atoms with E-state index in [1.807, 2.05) is 27.7 Å². The standard InChI is InChI=1S/C22H22O6.2C4H10O/c1-11-6-17(24)19(26)9-14(11)22(13-4-5-16(23)21(8-13)28-3)15-10-20(27)18(25)7-12(15)2;2*1-3-5-4-2/h4-10,22-27H,1-3H3;2*3-4H2,1-2H3. The largest absolute Gasteiger partial charge is 0.504 e. The lowest BCUT2D eigenvalue weighted by atomic mass is 9.81. The van der Waals surface area contributed by atoms with Crippen LogP contribution in [0.3, 0.4) is 0 Å². The van der Waals surface area contributed by atoms with Crippen LogP contribution in [0.1, 0.15) is 61.4 Å². The van der Waals surface area contributed by atoms with E-state index in [-0.39, 0.29) is 34.5 Å². The summed E-state index contributed by atoms with van der Waals surface area (Å²) < 4.78 is 14.9. The molecule has 0 bridgehead atoms. The zero-order valence-electron chi connectivity index (χ0n) is 23.4. The van der Waals surface area contributed by atoms with Crippen molar-refractivity contribution in [2.24, 2.45) is 0 Å². The van der Waals surface area contributed by atoms with E-state index >= 15 is 0 Å². The highest BCUT2D eigenvalue weighted by molar-refractivity contribution is 5.58. The smallest absolute Gasteiger partial charge is 0.160 e. The quantitative estimate of drug-likeness (QED) is 0.174. The van der Waals surface area contributed by atoms with Crippen LogP contribution in [0.4, 0.5) is 0 Å². The molecule has 0 saturated heterocycles. The first kappa shape index (κ1) is 32.4. The Labute approximate surface area is 225 Å². The van der Waals surface area contributed by atoms with Gasteiger partial charge in [-0.05, 0) is 106 Å². The lowest BCUT2D eigenvalue weighted by molar-refractivity contribution is 0.162. The Balaban J connectivity index is 0.000000616. The van der Waals surface area contributed by atoms with Gasteiger partial charge >= 0.3 is 0 Å². The first-order valence-electron chi connectivity index (χ1n) is 12.6. The van der Waals surface area contributed by atoms with E-state index in [2.05, 4.69) is 0 Å². The van der Waals surface area contributed by atoms with E-state index in [0.717, 1.165) is 43.1 Å². The molecule has 0 aliphatic rings. The molecule has 3 aromatic rings. The molecule has 0 radical (unpaired) electrons. The van der Waals surface area contributed by atoms with Gasteiger partial charge in [0.15, 0.2) is 34.5 Å². The highest BCUT2D eigenvalue weighted by atomic mass is 16.5. The number of hydrogen-bond acceptors (Lipinski definition) is 8. The number of phenols is 5. The molecule has 0 unspecified atom stereocenters. The Hall–Kier alpha value is -3.62. The van der Waals surface area contributed by atoms with Crippen molar-refractivity contribution < 1.29 is 39.7 Å². The maximum atomic E-state index is 10.1. The van der Waals surface area contributed by atoms with E-state index in [0.29, 0.717) is 11.1 Å². The molecule has 0 saturated carbocycles. The van der Waals surface area contributed by atoms with E-state index in [9.17, 15) is 25.5 Å². The van der Waals surface area contributed by atoms with Crippen LogP contribution in [0.15, 0.2) is 42.5 Å². The van der Waals surface area contributed by atoms with Gasteiger partial charge in [0.25, 0.3) is 0 Å². The van der Waals surface area contributed by atoms with E-state index in [1.165, 1.54) is 37.4 Å². The van der Waals surface area contributed by atoms with Gasteiger partial charge in [-0.1, -0.05) is 6.07 Å². The number of phenolic OH excluding ortho intramolecular Hbond substituents is 5. The van der Waals surface area contributed by atoms with Gasteiger partial charge in [-0.15, -0.1) is 0 Å². The number of aryl methyl sites for hydroxylation is 2. The number of hydrogen-bond donors (Lipinski definition) is 5. The fourth-order valence-corrected chi connectivity index (χ4v) is 3.83. The maximum absolute atomic E-state index is 10.1. The second-order valence-corrected chi connectivity index (χ2v) is 8.32. The summed E-state index contributed by atoms with van der Waals surface area (Å²) in [5.41, 5.74) is 3.56. The minimum atomic E-state index is -0.465. The molecule has 38 heavy (non-hydrogen) atoms. The third-order valence-corrected chi connectivity index (χ3v) is 5.70. The zero-order valence-corrected chi connectivity index (χ0v) is 23.4. The predicted molar refractivity (Wildman–Crippen MR) is 149 cm³/mol. The Morgan fingerprint density at radius 1 is 0.579 bits per heavy atom. The van der Waals surface area contributed by atoms with E-state index in [4.69, 9.17) is 14.2 Å². The maximum Gasteiger partial charge on any atom is 0.160 e. The first-order chi connectivity index (χ1) is 18.1. The molecule has 0 amide bonds. The van der Waals surface area contributed by atoms with Crippen LogP contribution in [-0.2, 0) is 9.47 Å². The average Bonchev–Trinajstić information content (AvgIpc) is 2.88. The minimum absolute atomic E-state index is 0.0134. The van der Waals surface area contributed by atoms with Gasteiger partial charge in [-0.2, -0.15) is 0 Å². The minimum Gasteiger partial charge on any atom is -0.504 e. The lowest BCUT2D eigenvalue weighted by Gasteiger charge is -2.24. The number of methoxy groups -OCH3 is 1. The molecule has 0 fully saturated rings. The van der Waals surface area contributed by atoms with E-state index < -0.39 is 5.92 Å². The highest BCUT2D eigenvalue weighted by Gasteiger charge is 2.24. The molecule has 0 heterocycles. The van der Waals surface area contributed by atoms with Crippen LogP contribution in [-0.4, -0.2) is 59.1 Å². The van der Waals surface area contributed by atoms with Gasteiger partial charge in [0.2, 0.25) is 0 Å². The van der Waals surface area contributed by atoms with Crippen molar-refractivity contribution in [3.63, 3.8) is 0 Å². The van der Waals surface area contributed by atoms with E-state index in [1.54, 1.807) is 26.0 Å². The number of rotatable bonds is 8. The fourth-order valence-electron chi connectivity index (χ4n) is 3.83. The summed E-state index contributed by atoms with van der Waals surface area (Å²) in [6, 6.07) is 10.8. The molecule has 5 N–H and O–H groups in total. The molecule has 8 nitrogen and oxygen atoms in total. The Kier molecular flexibility index (Phi) is 13.9. The summed E-state index contributed by atoms with van der Waals surface area (Å²) >= 11 is 0. The molecule has 0 aliphatic heterocycles. The topological polar surface area (TPSA) is 129 Å². The second-order valence-electron chi connectivity index (χ2n) is 8.32. The highest BCUT2D eigenvalue weighted by Crippen LogP contribution is 2.43. The average molecular weight is 531 g/mol. The molecule has 3 aromatic carbocycles. The second kappa shape index (κ2) is 16.3. The predicted octanol–water partition coefficient (Wildman–Crippen LogP) is 6.11. The SMILES string of the molecule is CCOCC.CCOCC.COc1cc(C(c2cc(O)c(O)cc2C)c2cc(O)c(O)cc2C)ccc1O. The van der Waals surface area contributed by atoms with Gasteiger partial charge in [0, 0.05) is 32.3 Å². The van der Waals surface area contributed by atoms with Crippen LogP contribution >= 0.6 is 0 Å². The number of benzene rings is 3. The normalized spacial score (nSPS) is 10.3. The van der Waals surface area contributed by atoms with Gasteiger partial charge < -0.3 is 39.7 Å². The van der Waals surface area contributed by atoms with Crippen molar-refractivity contribution in [2.75, 3.05) is 33.5 Å². The molecule has 0 aliphatic carbocycles. The molecular weight excluding hydrogens is 488 g/mol. The van der Waals surface area contributed by atoms with Crippen LogP contribution < -0.4 is 4.74 Å². The number of ether oxygens (including phenoxy) is 3. The van der Waals surface area contributed by atoms with Gasteiger partial charge in [0.05, 0.1) is 7.11 Å². The molecular formula is C30H42O8. The third kappa shape index (κ3) is 9.04. The lowest BCUT2D eigenvalue weighted by Crippen LogP contribution is -2.07. The summed E-state index contributed by atoms with van der Waals surface area (Å²) in [6.07, 6.45) is 0. The van der Waals surface area contributed by atoms with Gasteiger partial charge in [-0.3, -0.25) is 0 Å². The number of aromatic hydroxyl groups is 5. The molecule has 3 rings (SSSR count). The Morgan fingerprint density at radius 3 is 1.32 bits per heavy atom. The van der Waals surface area contributed by atoms with Crippen molar-refractivity contribution >= 4 is 0 Å². The molecule has 8 heteroatoms. The van der Waals surface area contributed by atoms with Crippen molar-refractivity contribution in [3.05, 3.63) is 70.3 Å². The van der Waals surface area contributed by atoms with Crippen LogP contribution in [0.2, 0.25) is 0 Å². The van der Waals surface area contributed by atoms with Crippen molar-refractivity contribution in [2.45, 2.75) is 47.5 Å². The zero-order chi connectivity index (χ0) is 28.8. The van der Waals surface area contributed by atoms with Gasteiger partial charge in [0.1, 0.15) is 0 Å². The van der Waals surface area contributed by atoms with Crippen molar-refractivity contribution in [1.82, 2.24) is 0 Å². The third-order valence-electron chi connectivity index (χ3n) is 5.70. The van der Waals surface area contributed by atoms with Crippen LogP contribution in [0, 0.1) is 13.8 Å². The Morgan fingerprint density at radius 2 is 0.974 bits per heavy atom. The fraction of sp³-hybridized carbons (Fsp3) is 0.400. The monoisotopic (exact) mass is 530 g/mol. The summed E-state index contributed by atoms with van der Waals surface area (Å²) in [5, 5.41) is 49.8. The van der Waals surface area contributed by atoms with Crippen molar-refractivity contribution in [3.8, 4) is 34.5 Å². The first-order valence-corrected chi connectivity index (χ1v) is 12.6. The van der Waals surface area contributed by atoms with Crippen molar-refractivity contribution in [1.29, 1.82) is 0 Å². The van der Waals surface area contributed by atoms with Crippen LogP contribution in [0.25, 0.3) is 0 Å². The summed E-state index contributed by atoms with van der Waals surface area (Å²) in [6.45, 7) is 14.9. The Bertz CT molecular complexity index is 1080. The molecule has 0 atom stereocenters. The molecule has 210 valence electrons. The van der Waals surface area contributed by atoms with Gasteiger partial charge in [-0.25, -0.2) is 0 Å². The summed E-state index contributed by atoms with van der Waals surface area (Å²) in [7, 11) is 1.45. The summed E-state index contributed by atoms with van der Waals surface area (Å²) in [5.74, 6) is -1.19. The molecule has 0 spiro atoms. The molecule has 0 aromatic heterocycles.